The van der Waals surface area contributed by atoms with Crippen molar-refractivity contribution in [2.75, 3.05) is 6.54 Å². The van der Waals surface area contributed by atoms with Gasteiger partial charge < -0.3 is 5.32 Å². The molecule has 2 nitrogen and oxygen atoms in total. The van der Waals surface area contributed by atoms with Crippen molar-refractivity contribution in [1.29, 1.82) is 0 Å². The molecule has 0 saturated carbocycles. The minimum atomic E-state index is 0.373. The maximum atomic E-state index is 4.43. The lowest BCUT2D eigenvalue weighted by molar-refractivity contribution is 0.737. The maximum absolute atomic E-state index is 4.43. The first-order valence-corrected chi connectivity index (χ1v) is 5.47. The Morgan fingerprint density at radius 2 is 2.13 bits per heavy atom. The third kappa shape index (κ3) is 1.56. The molecule has 15 heavy (non-hydrogen) atoms. The molecule has 0 aromatic heterocycles. The molecule has 2 heteroatoms. The normalized spacial score (nSPS) is 23.2. The molecule has 0 fully saturated rings. The predicted molar refractivity (Wildman–Crippen MR) is 63.0 cm³/mol. The van der Waals surface area contributed by atoms with Crippen molar-refractivity contribution in [2.45, 2.75) is 18.9 Å². The fraction of sp³-hybridized carbons (Fsp3) is 0.308. The molecule has 1 aromatic carbocycles. The molecular weight excluding hydrogens is 184 g/mol. The maximum Gasteiger partial charge on any atom is 0.0902 e. The highest BCUT2D eigenvalue weighted by Gasteiger charge is 2.19. The van der Waals surface area contributed by atoms with Crippen molar-refractivity contribution in [2.24, 2.45) is 4.99 Å². The summed E-state index contributed by atoms with van der Waals surface area (Å²) in [5, 5.41) is 3.16. The zero-order chi connectivity index (χ0) is 10.1. The van der Waals surface area contributed by atoms with Gasteiger partial charge in [0.2, 0.25) is 0 Å². The second kappa shape index (κ2) is 3.54. The molecule has 0 spiro atoms. The van der Waals surface area contributed by atoms with Gasteiger partial charge >= 0.3 is 0 Å². The van der Waals surface area contributed by atoms with E-state index in [0.717, 1.165) is 19.4 Å². The van der Waals surface area contributed by atoms with Crippen molar-refractivity contribution in [3.05, 3.63) is 41.0 Å². The molecule has 0 bridgehead atoms. The molecule has 76 valence electrons. The third-order valence-corrected chi connectivity index (χ3v) is 3.16. The van der Waals surface area contributed by atoms with E-state index >= 15 is 0 Å². The van der Waals surface area contributed by atoms with Crippen LogP contribution in [0.15, 0.2) is 34.8 Å². The smallest absolute Gasteiger partial charge is 0.0902 e. The van der Waals surface area contributed by atoms with Gasteiger partial charge in [0.1, 0.15) is 0 Å². The number of nitrogens with one attached hydrogen (secondary N) is 1. The topological polar surface area (TPSA) is 24.4 Å². The van der Waals surface area contributed by atoms with Gasteiger partial charge in [0.15, 0.2) is 0 Å². The van der Waals surface area contributed by atoms with Gasteiger partial charge in [-0.05, 0) is 29.5 Å². The fourth-order valence-electron chi connectivity index (χ4n) is 2.30. The molecule has 0 amide bonds. The summed E-state index contributed by atoms with van der Waals surface area (Å²) in [5.41, 5.74) is 4.31. The lowest BCUT2D eigenvalue weighted by atomic mass is 9.89. The molecule has 1 aliphatic carbocycles. The number of aliphatic imine (C=N–C) groups is 1. The minimum Gasteiger partial charge on any atom is -0.374 e. The molecule has 1 heterocycles. The molecule has 2 aliphatic rings. The average Bonchev–Trinajstić information content (AvgIpc) is 2.82. The molecule has 1 aliphatic heterocycles. The average molecular weight is 198 g/mol. The Hall–Kier alpha value is -1.57. The number of fused-ring (bicyclic) bond motifs is 1. The molecule has 0 unspecified atom stereocenters. The van der Waals surface area contributed by atoms with E-state index in [1.54, 1.807) is 0 Å². The second-order valence-electron chi connectivity index (χ2n) is 4.12. The minimum absolute atomic E-state index is 0.373. The van der Waals surface area contributed by atoms with Gasteiger partial charge in [0, 0.05) is 6.54 Å². The van der Waals surface area contributed by atoms with Crippen LogP contribution in [0, 0.1) is 0 Å². The molecule has 1 aromatic rings. The highest BCUT2D eigenvalue weighted by Crippen LogP contribution is 2.26. The summed E-state index contributed by atoms with van der Waals surface area (Å²) in [4.78, 5) is 4.43. The summed E-state index contributed by atoms with van der Waals surface area (Å²) in [7, 11) is 0. The van der Waals surface area contributed by atoms with Gasteiger partial charge in [0.25, 0.3) is 0 Å². The van der Waals surface area contributed by atoms with E-state index in [1.807, 2.05) is 6.34 Å². The first kappa shape index (κ1) is 8.72. The Bertz CT molecular complexity index is 432. The van der Waals surface area contributed by atoms with Crippen LogP contribution in [0.5, 0.6) is 0 Å². The van der Waals surface area contributed by atoms with Crippen molar-refractivity contribution in [3.63, 3.8) is 0 Å². The summed E-state index contributed by atoms with van der Waals surface area (Å²) < 4.78 is 0. The Morgan fingerprint density at radius 1 is 1.20 bits per heavy atom. The number of hydrogen-bond acceptors (Lipinski definition) is 2. The van der Waals surface area contributed by atoms with E-state index in [4.69, 9.17) is 0 Å². The Balaban J connectivity index is 1.94. The molecule has 0 radical (unpaired) electrons. The van der Waals surface area contributed by atoms with Crippen LogP contribution in [0.2, 0.25) is 0 Å². The van der Waals surface area contributed by atoms with Crippen LogP contribution in [0.1, 0.15) is 17.5 Å². The lowest BCUT2D eigenvalue weighted by Crippen LogP contribution is -2.19. The van der Waals surface area contributed by atoms with E-state index in [0.29, 0.717) is 6.04 Å². The number of nitrogens with zero attached hydrogens (tertiary/aromatic N) is 1. The molecular formula is C13H14N2. The van der Waals surface area contributed by atoms with Gasteiger partial charge in [0.05, 0.1) is 12.4 Å². The first-order chi connectivity index (χ1) is 7.43. The summed E-state index contributed by atoms with van der Waals surface area (Å²) in [5.74, 6) is 0. The standard InChI is InChI=1S/C13H14N2/c1-2-4-11-7-12(6-5-10(11)3-1)13-8-14-9-15-13/h1-4,7,9,13H,5-6,8H2,(H,14,15)/t13-/m1/s1. The quantitative estimate of drug-likeness (QED) is 0.733. The Kier molecular flexibility index (Phi) is 2.05. The molecule has 0 saturated heterocycles. The van der Waals surface area contributed by atoms with E-state index in [-0.39, 0.29) is 0 Å². The first-order valence-electron chi connectivity index (χ1n) is 5.47. The summed E-state index contributed by atoms with van der Waals surface area (Å²) in [6, 6.07) is 9.01. The monoisotopic (exact) mass is 198 g/mol. The Morgan fingerprint density at radius 3 is 3.00 bits per heavy atom. The fourth-order valence-corrected chi connectivity index (χ4v) is 2.30. The van der Waals surface area contributed by atoms with Crippen LogP contribution in [-0.4, -0.2) is 18.9 Å². The van der Waals surface area contributed by atoms with Crippen LogP contribution in [0.4, 0.5) is 0 Å². The van der Waals surface area contributed by atoms with Gasteiger partial charge in [-0.15, -0.1) is 0 Å². The number of benzene rings is 1. The molecule has 1 atom stereocenters. The Labute approximate surface area is 89.7 Å². The highest BCUT2D eigenvalue weighted by atomic mass is 15.0. The van der Waals surface area contributed by atoms with Crippen LogP contribution in [0.25, 0.3) is 6.08 Å². The van der Waals surface area contributed by atoms with Crippen molar-refractivity contribution in [1.82, 2.24) is 5.32 Å². The van der Waals surface area contributed by atoms with E-state index in [1.165, 1.54) is 16.7 Å². The SMILES string of the molecule is C1=N[C@@H](C2=Cc3ccccc3CC2)CN1. The van der Waals surface area contributed by atoms with Crippen LogP contribution >= 0.6 is 0 Å². The largest absolute Gasteiger partial charge is 0.374 e. The van der Waals surface area contributed by atoms with E-state index in [9.17, 15) is 0 Å². The van der Waals surface area contributed by atoms with Gasteiger partial charge in [-0.3, -0.25) is 4.99 Å². The van der Waals surface area contributed by atoms with Crippen molar-refractivity contribution < 1.29 is 0 Å². The predicted octanol–water partition coefficient (Wildman–Crippen LogP) is 2.02. The summed E-state index contributed by atoms with van der Waals surface area (Å²) in [6.07, 6.45) is 6.45. The second-order valence-corrected chi connectivity index (χ2v) is 4.12. The van der Waals surface area contributed by atoms with Crippen LogP contribution < -0.4 is 5.32 Å². The molecule has 1 N–H and O–H groups in total. The van der Waals surface area contributed by atoms with E-state index < -0.39 is 0 Å². The van der Waals surface area contributed by atoms with Crippen LogP contribution in [0.3, 0.4) is 0 Å². The van der Waals surface area contributed by atoms with Crippen molar-refractivity contribution in [3.8, 4) is 0 Å². The zero-order valence-electron chi connectivity index (χ0n) is 8.61. The van der Waals surface area contributed by atoms with Crippen LogP contribution in [-0.2, 0) is 6.42 Å². The van der Waals surface area contributed by atoms with Gasteiger partial charge in [-0.2, -0.15) is 0 Å². The third-order valence-electron chi connectivity index (χ3n) is 3.16. The zero-order valence-corrected chi connectivity index (χ0v) is 8.61. The molecule has 3 rings (SSSR count). The van der Waals surface area contributed by atoms with Gasteiger partial charge in [-0.1, -0.05) is 30.3 Å². The summed E-state index contributed by atoms with van der Waals surface area (Å²) in [6.45, 7) is 0.966. The lowest BCUT2D eigenvalue weighted by Gasteiger charge is -2.19. The van der Waals surface area contributed by atoms with E-state index in [2.05, 4.69) is 40.7 Å². The number of rotatable bonds is 1. The van der Waals surface area contributed by atoms with Crippen molar-refractivity contribution >= 4 is 12.4 Å². The van der Waals surface area contributed by atoms with Gasteiger partial charge in [-0.25, -0.2) is 0 Å². The number of aryl methyl sites for hydroxylation is 1. The summed E-state index contributed by atoms with van der Waals surface area (Å²) >= 11 is 0. The number of hydrogen-bond donors (Lipinski definition) is 1. The highest BCUT2D eigenvalue weighted by molar-refractivity contribution is 5.64.